The van der Waals surface area contributed by atoms with Crippen LogP contribution in [-0.4, -0.2) is 50.6 Å². The molecule has 1 aliphatic rings. The molecule has 3 rings (SSSR count). The second kappa shape index (κ2) is 8.95. The quantitative estimate of drug-likeness (QED) is 0.743. The molecule has 0 bridgehead atoms. The van der Waals surface area contributed by atoms with Gasteiger partial charge in [0.1, 0.15) is 11.6 Å². The topological polar surface area (TPSA) is 75.7 Å². The summed E-state index contributed by atoms with van der Waals surface area (Å²) in [6, 6.07) is 7.74. The van der Waals surface area contributed by atoms with E-state index in [4.69, 9.17) is 11.6 Å². The van der Waals surface area contributed by atoms with Crippen LogP contribution in [0.25, 0.3) is 0 Å². The summed E-state index contributed by atoms with van der Waals surface area (Å²) in [5, 5.41) is 0.151. The predicted octanol–water partition coefficient (Wildman–Crippen LogP) is 2.78. The van der Waals surface area contributed by atoms with E-state index >= 15 is 0 Å². The van der Waals surface area contributed by atoms with E-state index in [-0.39, 0.29) is 22.2 Å². The molecule has 1 unspecified atom stereocenters. The van der Waals surface area contributed by atoms with Gasteiger partial charge in [-0.3, -0.25) is 13.9 Å². The zero-order valence-corrected chi connectivity index (χ0v) is 16.2. The summed E-state index contributed by atoms with van der Waals surface area (Å²) in [5.74, 6) is -1.48. The molecule has 6 nitrogen and oxygen atoms in total. The molecule has 0 aliphatic carbocycles. The minimum atomic E-state index is -2.48. The minimum Gasteiger partial charge on any atom is -0.755 e. The third-order valence-corrected chi connectivity index (χ3v) is 5.10. The number of nitrogens with one attached hydrogen (secondary N) is 1. The Morgan fingerprint density at radius 2 is 1.75 bits per heavy atom. The molecule has 10 heteroatoms. The number of nitrogens with zero attached hydrogens (tertiary/aromatic N) is 2. The molecule has 1 saturated heterocycles. The first-order valence-electron chi connectivity index (χ1n) is 8.44. The molecule has 2 aromatic carbocycles. The van der Waals surface area contributed by atoms with Gasteiger partial charge in [-0.25, -0.2) is 8.78 Å². The number of rotatable bonds is 5. The van der Waals surface area contributed by atoms with E-state index in [0.29, 0.717) is 38.3 Å². The summed E-state index contributed by atoms with van der Waals surface area (Å²) in [6.07, 6.45) is 0. The van der Waals surface area contributed by atoms with Crippen LogP contribution in [0, 0.1) is 11.6 Å². The lowest BCUT2D eigenvalue weighted by molar-refractivity contribution is 0.0628. The number of hydrogen-bond donors (Lipinski definition) is 1. The van der Waals surface area contributed by atoms with Crippen molar-refractivity contribution in [2.45, 2.75) is 6.54 Å². The van der Waals surface area contributed by atoms with Gasteiger partial charge in [-0.05, 0) is 35.9 Å². The fraction of sp³-hybridized carbons (Fsp3) is 0.278. The van der Waals surface area contributed by atoms with Crippen molar-refractivity contribution in [1.82, 2.24) is 9.80 Å². The molecule has 150 valence electrons. The van der Waals surface area contributed by atoms with Gasteiger partial charge in [0.05, 0.1) is 10.6 Å². The van der Waals surface area contributed by atoms with E-state index in [9.17, 15) is 22.3 Å². The number of halogens is 3. The Morgan fingerprint density at radius 1 is 1.11 bits per heavy atom. The van der Waals surface area contributed by atoms with Crippen LogP contribution in [0.3, 0.4) is 0 Å². The lowest BCUT2D eigenvalue weighted by atomic mass is 10.1. The van der Waals surface area contributed by atoms with Crippen molar-refractivity contribution in [3.8, 4) is 0 Å². The third-order valence-electron chi connectivity index (χ3n) is 4.39. The minimum absolute atomic E-state index is 0.151. The van der Waals surface area contributed by atoms with Crippen LogP contribution < -0.4 is 4.72 Å². The van der Waals surface area contributed by atoms with Crippen molar-refractivity contribution in [3.05, 3.63) is 64.2 Å². The first kappa shape index (κ1) is 20.7. The van der Waals surface area contributed by atoms with E-state index in [1.807, 2.05) is 4.90 Å². The molecule has 1 fully saturated rings. The number of piperazine rings is 1. The lowest BCUT2D eigenvalue weighted by Crippen LogP contribution is -2.48. The fourth-order valence-corrected chi connectivity index (χ4v) is 3.67. The fourth-order valence-electron chi connectivity index (χ4n) is 3.09. The van der Waals surface area contributed by atoms with Crippen LogP contribution >= 0.6 is 11.6 Å². The Morgan fingerprint density at radius 3 is 2.32 bits per heavy atom. The van der Waals surface area contributed by atoms with E-state index in [1.54, 1.807) is 4.90 Å². The highest BCUT2D eigenvalue weighted by molar-refractivity contribution is 7.80. The van der Waals surface area contributed by atoms with Gasteiger partial charge in [-0.1, -0.05) is 11.6 Å². The molecule has 1 aliphatic heterocycles. The van der Waals surface area contributed by atoms with Gasteiger partial charge >= 0.3 is 0 Å². The highest BCUT2D eigenvalue weighted by Gasteiger charge is 2.24. The second-order valence-corrected chi connectivity index (χ2v) is 7.46. The Balaban J connectivity index is 1.60. The van der Waals surface area contributed by atoms with Gasteiger partial charge in [0.2, 0.25) is 0 Å². The van der Waals surface area contributed by atoms with Crippen LogP contribution in [0.5, 0.6) is 0 Å². The monoisotopic (exact) mass is 428 g/mol. The number of hydrogen-bond acceptors (Lipinski definition) is 4. The summed E-state index contributed by atoms with van der Waals surface area (Å²) in [7, 11) is 0. The van der Waals surface area contributed by atoms with Crippen LogP contribution in [0.2, 0.25) is 5.02 Å². The van der Waals surface area contributed by atoms with Crippen molar-refractivity contribution in [2.75, 3.05) is 30.9 Å². The maximum absolute atomic E-state index is 13.3. The van der Waals surface area contributed by atoms with Crippen molar-refractivity contribution in [3.63, 3.8) is 0 Å². The van der Waals surface area contributed by atoms with Gasteiger partial charge in [-0.15, -0.1) is 0 Å². The van der Waals surface area contributed by atoms with Gasteiger partial charge in [0.25, 0.3) is 5.91 Å². The molecule has 1 amide bonds. The van der Waals surface area contributed by atoms with Gasteiger partial charge in [0.15, 0.2) is 0 Å². The number of benzene rings is 2. The smallest absolute Gasteiger partial charge is 0.255 e. The van der Waals surface area contributed by atoms with Crippen LogP contribution in [0.4, 0.5) is 14.5 Å². The Labute approximate surface area is 168 Å². The normalized spacial score (nSPS) is 16.1. The summed E-state index contributed by atoms with van der Waals surface area (Å²) >= 11 is 3.65. The molecule has 2 aromatic rings. The second-order valence-electron chi connectivity index (χ2n) is 6.38. The largest absolute Gasteiger partial charge is 0.755 e. The number of carbonyl (C=O) groups is 1. The van der Waals surface area contributed by atoms with E-state index < -0.39 is 22.9 Å². The summed E-state index contributed by atoms with van der Waals surface area (Å²) in [6.45, 7) is 2.38. The van der Waals surface area contributed by atoms with Crippen molar-refractivity contribution in [2.24, 2.45) is 0 Å². The maximum atomic E-state index is 13.3. The molecular weight excluding hydrogens is 412 g/mol. The highest BCUT2D eigenvalue weighted by Crippen LogP contribution is 2.23. The van der Waals surface area contributed by atoms with Crippen molar-refractivity contribution < 1.29 is 22.3 Å². The Bertz CT molecular complexity index is 887. The zero-order chi connectivity index (χ0) is 20.3. The predicted molar refractivity (Wildman–Crippen MR) is 102 cm³/mol. The van der Waals surface area contributed by atoms with E-state index in [0.717, 1.165) is 6.07 Å². The first-order valence-corrected chi connectivity index (χ1v) is 9.89. The standard InChI is InChI=1S/C18H18ClF2N3O3S/c19-17-10-15(22-28(26)27)1-2-16(17)18(25)24-5-3-23(4-6-24)11-12-7-13(20)9-14(21)8-12/h1-2,7-10,22H,3-6,11H2,(H,26,27)/p-1. The molecule has 0 radical (unpaired) electrons. The first-order chi connectivity index (χ1) is 13.3. The molecular formula is C18H17ClF2N3O3S-. The van der Waals surface area contributed by atoms with Crippen molar-refractivity contribution >= 4 is 34.5 Å². The van der Waals surface area contributed by atoms with Crippen LogP contribution in [-0.2, 0) is 17.8 Å². The highest BCUT2D eigenvalue weighted by atomic mass is 35.5. The molecule has 28 heavy (non-hydrogen) atoms. The molecule has 0 saturated carbocycles. The van der Waals surface area contributed by atoms with Gasteiger partial charge in [0, 0.05) is 55.7 Å². The third kappa shape index (κ3) is 5.26. The average Bonchev–Trinajstić information content (AvgIpc) is 2.60. The van der Waals surface area contributed by atoms with Crippen LogP contribution in [0.15, 0.2) is 36.4 Å². The van der Waals surface area contributed by atoms with Crippen molar-refractivity contribution in [1.29, 1.82) is 0 Å². The summed E-state index contributed by atoms with van der Waals surface area (Å²) < 4.78 is 50.1. The van der Waals surface area contributed by atoms with Gasteiger partial charge in [-0.2, -0.15) is 0 Å². The lowest BCUT2D eigenvalue weighted by Gasteiger charge is -2.35. The Kier molecular flexibility index (Phi) is 6.61. The van der Waals surface area contributed by atoms with Gasteiger partial charge < -0.3 is 14.2 Å². The molecule has 0 aromatic heterocycles. The summed E-state index contributed by atoms with van der Waals surface area (Å²) in [5.41, 5.74) is 1.09. The van der Waals surface area contributed by atoms with E-state index in [1.165, 1.54) is 30.3 Å². The molecule has 1 atom stereocenters. The SMILES string of the molecule is O=C(c1ccc(NS(=O)[O-])cc1Cl)N1CCN(Cc2cc(F)cc(F)c2)CC1. The molecule has 0 spiro atoms. The average molecular weight is 429 g/mol. The number of amides is 1. The molecule has 1 N–H and O–H groups in total. The van der Waals surface area contributed by atoms with Crippen LogP contribution in [0.1, 0.15) is 15.9 Å². The van der Waals surface area contributed by atoms with E-state index in [2.05, 4.69) is 4.72 Å². The number of anilines is 1. The Hall–Kier alpha value is -2.07. The summed E-state index contributed by atoms with van der Waals surface area (Å²) in [4.78, 5) is 16.3. The maximum Gasteiger partial charge on any atom is 0.255 e. The zero-order valence-electron chi connectivity index (χ0n) is 14.7. The number of carbonyl (C=O) groups excluding carboxylic acids is 1. The molecule has 1 heterocycles.